The maximum Gasteiger partial charge on any atom is 0.414 e. The monoisotopic (exact) mass is 415 g/mol. The van der Waals surface area contributed by atoms with E-state index < -0.39 is 37.1 Å². The van der Waals surface area contributed by atoms with E-state index >= 15 is 0 Å². The number of carbonyl (C=O) groups excluding carboxylic acids is 1. The fraction of sp³-hybridized carbons (Fsp3) is 0.529. The predicted molar refractivity (Wildman–Crippen MR) is 107 cm³/mol. The second-order valence-corrected chi connectivity index (χ2v) is 13.4. The van der Waals surface area contributed by atoms with Crippen molar-refractivity contribution in [2.45, 2.75) is 31.3 Å². The molecule has 148 valence electrons. The van der Waals surface area contributed by atoms with E-state index in [4.69, 9.17) is 9.84 Å². The number of thiocarbonyl (C=S) groups is 1. The van der Waals surface area contributed by atoms with Gasteiger partial charge in [0.25, 0.3) is 5.17 Å². The number of rotatable bonds is 4. The molecule has 1 atom stereocenters. The van der Waals surface area contributed by atoms with Gasteiger partial charge >= 0.3 is 6.09 Å². The summed E-state index contributed by atoms with van der Waals surface area (Å²) in [7, 11) is -1.25. The van der Waals surface area contributed by atoms with Crippen molar-refractivity contribution in [2.75, 3.05) is 36.0 Å². The lowest BCUT2D eigenvalue weighted by atomic mass is 10.2. The minimum atomic E-state index is -1.25. The number of halogens is 2. The average molecular weight is 416 g/mol. The minimum Gasteiger partial charge on any atom is -0.487 e. The molecular formula is C17H23F2N3O3SSi. The Morgan fingerprint density at radius 1 is 1.33 bits per heavy atom. The van der Waals surface area contributed by atoms with Gasteiger partial charge in [-0.3, -0.25) is 4.90 Å². The molecule has 0 bridgehead atoms. The SMILES string of the molecule is C[Si]1(C)CCN(c2c(F)cc(N3CC(CNC(O)=S)OC3=O)cc2F)CC1. The molecule has 2 heterocycles. The molecule has 1 amide bonds. The van der Waals surface area contributed by atoms with Gasteiger partial charge in [-0.15, -0.1) is 0 Å². The average Bonchev–Trinajstić information content (AvgIpc) is 2.94. The molecule has 2 fully saturated rings. The fourth-order valence-corrected chi connectivity index (χ4v) is 5.47. The van der Waals surface area contributed by atoms with Gasteiger partial charge in [0.15, 0.2) is 11.6 Å². The van der Waals surface area contributed by atoms with Gasteiger partial charge in [-0.25, -0.2) is 13.6 Å². The lowest BCUT2D eigenvalue weighted by Crippen LogP contribution is -2.43. The number of nitrogens with one attached hydrogen (secondary N) is 1. The molecule has 2 aliphatic rings. The van der Waals surface area contributed by atoms with E-state index in [1.165, 1.54) is 17.0 Å². The van der Waals surface area contributed by atoms with Gasteiger partial charge < -0.3 is 20.1 Å². The minimum absolute atomic E-state index is 0.0281. The maximum absolute atomic E-state index is 14.7. The van der Waals surface area contributed by atoms with Crippen LogP contribution in [0.2, 0.25) is 25.2 Å². The molecule has 27 heavy (non-hydrogen) atoms. The summed E-state index contributed by atoms with van der Waals surface area (Å²) in [5.74, 6) is -1.37. The first-order chi connectivity index (χ1) is 12.7. The molecule has 1 aromatic rings. The number of nitrogens with zero attached hydrogens (tertiary/aromatic N) is 2. The van der Waals surface area contributed by atoms with E-state index in [9.17, 15) is 13.6 Å². The first kappa shape index (κ1) is 19.8. The van der Waals surface area contributed by atoms with E-state index in [-0.39, 0.29) is 24.5 Å². The Morgan fingerprint density at radius 2 is 1.93 bits per heavy atom. The van der Waals surface area contributed by atoms with Crippen molar-refractivity contribution < 1.29 is 23.4 Å². The van der Waals surface area contributed by atoms with Crippen LogP contribution in [0.15, 0.2) is 12.1 Å². The lowest BCUT2D eigenvalue weighted by Gasteiger charge is -2.37. The summed E-state index contributed by atoms with van der Waals surface area (Å²) >= 11 is 4.50. The van der Waals surface area contributed by atoms with Crippen molar-refractivity contribution in [3.63, 3.8) is 0 Å². The Balaban J connectivity index is 1.75. The van der Waals surface area contributed by atoms with Gasteiger partial charge in [-0.1, -0.05) is 13.1 Å². The zero-order valence-corrected chi connectivity index (χ0v) is 17.1. The number of aliphatic hydroxyl groups excluding tert-OH is 1. The van der Waals surface area contributed by atoms with Crippen molar-refractivity contribution in [1.29, 1.82) is 0 Å². The number of cyclic esters (lactones) is 1. The van der Waals surface area contributed by atoms with E-state index in [0.717, 1.165) is 12.1 Å². The van der Waals surface area contributed by atoms with Crippen molar-refractivity contribution >= 4 is 42.9 Å². The molecule has 2 aliphatic heterocycles. The van der Waals surface area contributed by atoms with Gasteiger partial charge in [0.1, 0.15) is 11.8 Å². The molecule has 6 nitrogen and oxygen atoms in total. The van der Waals surface area contributed by atoms with E-state index in [1.807, 2.05) is 0 Å². The van der Waals surface area contributed by atoms with Crippen LogP contribution in [0.4, 0.5) is 25.0 Å². The third kappa shape index (κ3) is 4.49. The van der Waals surface area contributed by atoms with Gasteiger partial charge in [0.2, 0.25) is 0 Å². The van der Waals surface area contributed by atoms with Gasteiger partial charge in [-0.2, -0.15) is 0 Å². The van der Waals surface area contributed by atoms with Gasteiger partial charge in [0, 0.05) is 25.2 Å². The van der Waals surface area contributed by atoms with Crippen molar-refractivity contribution in [2.24, 2.45) is 0 Å². The van der Waals surface area contributed by atoms with E-state index in [2.05, 4.69) is 30.6 Å². The molecule has 0 radical (unpaired) electrons. The standard InChI is InChI=1S/C17H23F2N3O3SSi/c1-27(2)5-3-21(4-6-27)15-13(18)7-11(8-14(15)19)22-10-12(25-17(22)24)9-20-16(23)26/h7-8,12H,3-6,9-10H2,1-2H3,(H2,20,23,26). The summed E-state index contributed by atoms with van der Waals surface area (Å²) in [4.78, 5) is 15.0. The molecule has 1 aromatic carbocycles. The highest BCUT2D eigenvalue weighted by atomic mass is 32.1. The van der Waals surface area contributed by atoms with Gasteiger partial charge in [-0.05, 0) is 24.3 Å². The topological polar surface area (TPSA) is 65.0 Å². The number of hydrogen-bond donors (Lipinski definition) is 2. The lowest BCUT2D eigenvalue weighted by molar-refractivity contribution is 0.142. The highest BCUT2D eigenvalue weighted by Crippen LogP contribution is 2.34. The highest BCUT2D eigenvalue weighted by Gasteiger charge is 2.34. The number of hydrogen-bond acceptors (Lipinski definition) is 4. The fourth-order valence-electron chi connectivity index (χ4n) is 3.39. The smallest absolute Gasteiger partial charge is 0.414 e. The van der Waals surface area contributed by atoms with Crippen LogP contribution in [-0.2, 0) is 4.74 Å². The molecule has 0 aromatic heterocycles. The summed E-state index contributed by atoms with van der Waals surface area (Å²) in [5.41, 5.74) is 0.0826. The van der Waals surface area contributed by atoms with E-state index in [0.29, 0.717) is 13.1 Å². The van der Waals surface area contributed by atoms with Crippen molar-refractivity contribution in [3.05, 3.63) is 23.8 Å². The summed E-state index contributed by atoms with van der Waals surface area (Å²) < 4.78 is 34.5. The number of carbonyl (C=O) groups is 1. The second kappa shape index (κ2) is 7.59. The van der Waals surface area contributed by atoms with Crippen LogP contribution in [0.1, 0.15) is 0 Å². The zero-order chi connectivity index (χ0) is 19.8. The van der Waals surface area contributed by atoms with E-state index in [1.54, 1.807) is 4.90 Å². The van der Waals surface area contributed by atoms with Crippen LogP contribution >= 0.6 is 12.2 Å². The first-order valence-electron chi connectivity index (χ1n) is 8.85. The van der Waals surface area contributed by atoms with Crippen molar-refractivity contribution in [1.82, 2.24) is 5.32 Å². The molecule has 1 unspecified atom stereocenters. The summed E-state index contributed by atoms with van der Waals surface area (Å²) in [5, 5.41) is 11.1. The molecule has 2 N–H and O–H groups in total. The number of anilines is 2. The Bertz CT molecular complexity index is 732. The quantitative estimate of drug-likeness (QED) is 0.581. The first-order valence-corrected chi connectivity index (χ1v) is 12.7. The third-order valence-corrected chi connectivity index (χ3v) is 8.40. The Labute approximate surface area is 163 Å². The number of ether oxygens (including phenoxy) is 1. The second-order valence-electron chi connectivity index (χ2n) is 7.71. The molecule has 0 spiro atoms. The Kier molecular flexibility index (Phi) is 5.57. The van der Waals surface area contributed by atoms with Crippen LogP contribution in [0.3, 0.4) is 0 Å². The normalized spacial score (nSPS) is 21.9. The number of benzene rings is 1. The maximum atomic E-state index is 14.7. The highest BCUT2D eigenvalue weighted by molar-refractivity contribution is 7.79. The molecule has 10 heteroatoms. The zero-order valence-electron chi connectivity index (χ0n) is 15.3. The third-order valence-electron chi connectivity index (χ3n) is 5.10. The van der Waals surface area contributed by atoms with Crippen LogP contribution in [-0.4, -0.2) is 56.7 Å². The van der Waals surface area contributed by atoms with Crippen LogP contribution in [0.25, 0.3) is 0 Å². The van der Waals surface area contributed by atoms with Crippen LogP contribution in [0.5, 0.6) is 0 Å². The predicted octanol–water partition coefficient (Wildman–Crippen LogP) is 3.25. The molecule has 3 rings (SSSR count). The molecule has 0 aliphatic carbocycles. The number of aliphatic hydroxyl groups is 1. The van der Waals surface area contributed by atoms with Crippen molar-refractivity contribution in [3.8, 4) is 0 Å². The molecule has 2 saturated heterocycles. The van der Waals surface area contributed by atoms with Crippen LogP contribution in [0, 0.1) is 11.6 Å². The summed E-state index contributed by atoms with van der Waals surface area (Å²) in [6.07, 6.45) is -1.27. The number of amides is 1. The summed E-state index contributed by atoms with van der Waals surface area (Å²) in [6.45, 7) is 6.09. The van der Waals surface area contributed by atoms with Crippen LogP contribution < -0.4 is 15.1 Å². The largest absolute Gasteiger partial charge is 0.487 e. The Morgan fingerprint density at radius 3 is 2.48 bits per heavy atom. The van der Waals surface area contributed by atoms with Gasteiger partial charge in [0.05, 0.1) is 26.9 Å². The summed E-state index contributed by atoms with van der Waals surface area (Å²) in [6, 6.07) is 4.33. The molecule has 0 saturated carbocycles. The Hall–Kier alpha value is -1.94. The molecular weight excluding hydrogens is 392 g/mol.